The van der Waals surface area contributed by atoms with E-state index in [9.17, 15) is 4.79 Å². The third-order valence-electron chi connectivity index (χ3n) is 5.62. The van der Waals surface area contributed by atoms with E-state index < -0.39 is 0 Å². The Kier molecular flexibility index (Phi) is 4.74. The lowest BCUT2D eigenvalue weighted by Gasteiger charge is -2.17. The number of rotatable bonds is 6. The molecule has 0 unspecified atom stereocenters. The number of methoxy groups -OCH3 is 1. The molecule has 2 fully saturated rings. The Bertz CT molecular complexity index is 1070. The van der Waals surface area contributed by atoms with E-state index in [2.05, 4.69) is 30.6 Å². The van der Waals surface area contributed by atoms with Crippen molar-refractivity contribution >= 4 is 28.3 Å². The second kappa shape index (κ2) is 7.56. The molecular weight excluding hydrogens is 382 g/mol. The maximum Gasteiger partial charge on any atom is 0.275 e. The number of ether oxygens (including phenoxy) is 1. The fourth-order valence-electron chi connectivity index (χ4n) is 3.92. The Balaban J connectivity index is 1.28. The standard InChI is InChI=1S/C21H25N7O2/c1-27-11-13-7-17(19(30-2)8-16(13)26-27)25-21(29)18-9-23-20(10-22-18)28-6-5-15(12-28)24-14-3-4-14/h7-11,14-15,24H,3-6,12H2,1-2H3,(H,25,29)/t15-/m1/s1. The van der Waals surface area contributed by atoms with Crippen molar-refractivity contribution in [3.63, 3.8) is 0 Å². The number of aromatic nitrogens is 4. The third-order valence-corrected chi connectivity index (χ3v) is 5.62. The lowest BCUT2D eigenvalue weighted by atomic mass is 10.2. The fraction of sp³-hybridized carbons (Fsp3) is 0.429. The van der Waals surface area contributed by atoms with E-state index in [0.29, 0.717) is 23.5 Å². The monoisotopic (exact) mass is 407 g/mol. The maximum absolute atomic E-state index is 12.7. The molecule has 2 aromatic heterocycles. The average Bonchev–Trinajstić information content (AvgIpc) is 3.30. The van der Waals surface area contributed by atoms with Gasteiger partial charge in [-0.1, -0.05) is 0 Å². The summed E-state index contributed by atoms with van der Waals surface area (Å²) in [5.41, 5.74) is 1.64. The molecular formula is C21H25N7O2. The summed E-state index contributed by atoms with van der Waals surface area (Å²) in [7, 11) is 3.42. The summed E-state index contributed by atoms with van der Waals surface area (Å²) < 4.78 is 7.14. The van der Waals surface area contributed by atoms with Crippen LogP contribution in [0.15, 0.2) is 30.7 Å². The number of nitrogens with one attached hydrogen (secondary N) is 2. The van der Waals surface area contributed by atoms with Gasteiger partial charge in [0.15, 0.2) is 0 Å². The first-order valence-corrected chi connectivity index (χ1v) is 10.2. The van der Waals surface area contributed by atoms with Crippen molar-refractivity contribution in [3.05, 3.63) is 36.4 Å². The number of carbonyl (C=O) groups excluding carboxylic acids is 1. The smallest absolute Gasteiger partial charge is 0.275 e. The number of aryl methyl sites for hydroxylation is 1. The van der Waals surface area contributed by atoms with Gasteiger partial charge in [-0.15, -0.1) is 0 Å². The van der Waals surface area contributed by atoms with Crippen molar-refractivity contribution in [1.82, 2.24) is 25.1 Å². The van der Waals surface area contributed by atoms with Crippen LogP contribution in [-0.2, 0) is 7.05 Å². The number of amides is 1. The van der Waals surface area contributed by atoms with Gasteiger partial charge in [-0.3, -0.25) is 9.48 Å². The number of fused-ring (bicyclic) bond motifs is 1. The molecule has 0 spiro atoms. The molecule has 1 saturated heterocycles. The first-order chi connectivity index (χ1) is 14.6. The summed E-state index contributed by atoms with van der Waals surface area (Å²) in [6.45, 7) is 1.88. The van der Waals surface area contributed by atoms with Gasteiger partial charge < -0.3 is 20.3 Å². The van der Waals surface area contributed by atoms with Crippen LogP contribution in [0.5, 0.6) is 5.75 Å². The van der Waals surface area contributed by atoms with Crippen LogP contribution in [0, 0.1) is 0 Å². The van der Waals surface area contributed by atoms with Crippen LogP contribution in [0.4, 0.5) is 11.5 Å². The van der Waals surface area contributed by atoms with E-state index in [1.165, 1.54) is 19.0 Å². The molecule has 3 aromatic rings. The second-order valence-corrected chi connectivity index (χ2v) is 8.00. The molecule has 1 saturated carbocycles. The number of hydrogen-bond acceptors (Lipinski definition) is 7. The van der Waals surface area contributed by atoms with Crippen LogP contribution in [0.3, 0.4) is 0 Å². The van der Waals surface area contributed by atoms with E-state index in [1.807, 2.05) is 19.3 Å². The number of anilines is 2. The average molecular weight is 407 g/mol. The highest BCUT2D eigenvalue weighted by molar-refractivity contribution is 6.04. The molecule has 0 bridgehead atoms. The number of nitrogens with zero attached hydrogens (tertiary/aromatic N) is 5. The Labute approximate surface area is 174 Å². The molecule has 1 aromatic carbocycles. The highest BCUT2D eigenvalue weighted by Gasteiger charge is 2.29. The van der Waals surface area contributed by atoms with E-state index >= 15 is 0 Å². The van der Waals surface area contributed by atoms with Gasteiger partial charge in [0.25, 0.3) is 5.91 Å². The molecule has 1 aliphatic carbocycles. The van der Waals surface area contributed by atoms with Gasteiger partial charge >= 0.3 is 0 Å². The lowest BCUT2D eigenvalue weighted by molar-refractivity contribution is 0.102. The maximum atomic E-state index is 12.7. The Morgan fingerprint density at radius 1 is 1.17 bits per heavy atom. The zero-order valence-corrected chi connectivity index (χ0v) is 17.1. The van der Waals surface area contributed by atoms with Crippen molar-refractivity contribution in [2.24, 2.45) is 7.05 Å². The minimum atomic E-state index is -0.328. The Morgan fingerprint density at radius 2 is 2.03 bits per heavy atom. The van der Waals surface area contributed by atoms with E-state index in [0.717, 1.165) is 36.2 Å². The lowest BCUT2D eigenvalue weighted by Crippen LogP contribution is -2.34. The van der Waals surface area contributed by atoms with Crippen LogP contribution >= 0.6 is 0 Å². The molecule has 9 heteroatoms. The summed E-state index contributed by atoms with van der Waals surface area (Å²) in [4.78, 5) is 23.8. The Hall–Kier alpha value is -3.20. The molecule has 156 valence electrons. The second-order valence-electron chi connectivity index (χ2n) is 8.00. The predicted octanol–water partition coefficient (Wildman–Crippen LogP) is 1.95. The zero-order valence-electron chi connectivity index (χ0n) is 17.1. The van der Waals surface area contributed by atoms with Gasteiger partial charge in [-0.25, -0.2) is 9.97 Å². The normalized spacial score (nSPS) is 18.7. The van der Waals surface area contributed by atoms with E-state index in [-0.39, 0.29) is 11.6 Å². The third kappa shape index (κ3) is 3.80. The van der Waals surface area contributed by atoms with Crippen LogP contribution in [0.1, 0.15) is 29.8 Å². The molecule has 1 amide bonds. The quantitative estimate of drug-likeness (QED) is 0.645. The summed E-state index contributed by atoms with van der Waals surface area (Å²) >= 11 is 0. The summed E-state index contributed by atoms with van der Waals surface area (Å²) in [6, 6.07) is 4.87. The van der Waals surface area contributed by atoms with Gasteiger partial charge in [-0.05, 0) is 25.3 Å². The zero-order chi connectivity index (χ0) is 20.7. The van der Waals surface area contributed by atoms with Crippen LogP contribution in [0.25, 0.3) is 10.9 Å². The summed E-state index contributed by atoms with van der Waals surface area (Å²) in [5.74, 6) is 1.02. The molecule has 9 nitrogen and oxygen atoms in total. The van der Waals surface area contributed by atoms with Crippen molar-refractivity contribution in [1.29, 1.82) is 0 Å². The van der Waals surface area contributed by atoms with Gasteiger partial charge in [0.05, 0.1) is 30.7 Å². The van der Waals surface area contributed by atoms with Crippen LogP contribution in [-0.4, -0.2) is 57.9 Å². The van der Waals surface area contributed by atoms with Crippen molar-refractivity contribution in [3.8, 4) is 5.75 Å². The molecule has 0 radical (unpaired) electrons. The number of carbonyl (C=O) groups is 1. The first kappa shape index (κ1) is 18.8. The molecule has 2 aliphatic rings. The molecule has 1 aliphatic heterocycles. The van der Waals surface area contributed by atoms with Gasteiger partial charge in [0.1, 0.15) is 17.3 Å². The van der Waals surface area contributed by atoms with Crippen molar-refractivity contribution < 1.29 is 9.53 Å². The highest BCUT2D eigenvalue weighted by Crippen LogP contribution is 2.30. The largest absolute Gasteiger partial charge is 0.494 e. The van der Waals surface area contributed by atoms with Crippen LogP contribution < -0.4 is 20.3 Å². The van der Waals surface area contributed by atoms with Gasteiger partial charge in [0, 0.05) is 49.9 Å². The van der Waals surface area contributed by atoms with Gasteiger partial charge in [0.2, 0.25) is 0 Å². The summed E-state index contributed by atoms with van der Waals surface area (Å²) in [6.07, 6.45) is 8.78. The SMILES string of the molecule is COc1cc2nn(C)cc2cc1NC(=O)c1cnc(N2CC[C@@H](NC3CC3)C2)cn1. The van der Waals surface area contributed by atoms with Crippen molar-refractivity contribution in [2.75, 3.05) is 30.4 Å². The Morgan fingerprint density at radius 3 is 2.77 bits per heavy atom. The van der Waals surface area contributed by atoms with Gasteiger partial charge in [-0.2, -0.15) is 5.10 Å². The fourth-order valence-corrected chi connectivity index (χ4v) is 3.92. The first-order valence-electron chi connectivity index (χ1n) is 10.2. The van der Waals surface area contributed by atoms with E-state index in [4.69, 9.17) is 4.74 Å². The molecule has 2 N–H and O–H groups in total. The minimum absolute atomic E-state index is 0.263. The number of benzene rings is 1. The molecule has 1 atom stereocenters. The predicted molar refractivity (Wildman–Crippen MR) is 114 cm³/mol. The highest BCUT2D eigenvalue weighted by atomic mass is 16.5. The molecule has 30 heavy (non-hydrogen) atoms. The minimum Gasteiger partial charge on any atom is -0.494 e. The summed E-state index contributed by atoms with van der Waals surface area (Å²) in [5, 5.41) is 11.8. The molecule has 3 heterocycles. The van der Waals surface area contributed by atoms with E-state index in [1.54, 1.807) is 24.1 Å². The number of hydrogen-bond donors (Lipinski definition) is 2. The van der Waals surface area contributed by atoms with Crippen LogP contribution in [0.2, 0.25) is 0 Å². The molecule has 5 rings (SSSR count). The van der Waals surface area contributed by atoms with Crippen molar-refractivity contribution in [2.45, 2.75) is 31.3 Å². The topological polar surface area (TPSA) is 97.2 Å².